The summed E-state index contributed by atoms with van der Waals surface area (Å²) in [5, 5.41) is 8.83. The maximum Gasteiger partial charge on any atom is 0.309 e. The Morgan fingerprint density at radius 1 is 1.50 bits per heavy atom. The molecular weight excluding hydrogens is 156 g/mol. The average Bonchev–Trinajstić information content (AvgIpc) is 2.79. The Morgan fingerprint density at radius 3 is 2.58 bits per heavy atom. The van der Waals surface area contributed by atoms with Crippen LogP contribution < -0.4 is 0 Å². The lowest BCUT2D eigenvalue weighted by molar-refractivity contribution is -0.143. The first kappa shape index (κ1) is 9.52. The van der Waals surface area contributed by atoms with Gasteiger partial charge >= 0.3 is 5.97 Å². The van der Waals surface area contributed by atoms with Crippen molar-refractivity contribution in [3.05, 3.63) is 0 Å². The predicted molar refractivity (Wildman–Crippen MR) is 45.0 cm³/mol. The van der Waals surface area contributed by atoms with Crippen molar-refractivity contribution >= 4 is 5.97 Å². The van der Waals surface area contributed by atoms with E-state index in [1.54, 1.807) is 7.11 Å². The number of unbranched alkanes of at least 4 members (excludes halogenated alkanes) is 1. The van der Waals surface area contributed by atoms with E-state index in [1.165, 1.54) is 0 Å². The van der Waals surface area contributed by atoms with E-state index in [1.807, 2.05) is 0 Å². The Labute approximate surface area is 72.7 Å². The molecule has 0 heterocycles. The summed E-state index contributed by atoms with van der Waals surface area (Å²) in [5.74, 6) is -0.611. The van der Waals surface area contributed by atoms with Crippen LogP contribution in [-0.4, -0.2) is 24.8 Å². The maximum absolute atomic E-state index is 10.7. The minimum Gasteiger partial charge on any atom is -0.481 e. The second-order valence-corrected chi connectivity index (χ2v) is 3.54. The number of methoxy groups -OCH3 is 1. The molecule has 12 heavy (non-hydrogen) atoms. The molecule has 0 aromatic heterocycles. The van der Waals surface area contributed by atoms with Gasteiger partial charge < -0.3 is 9.84 Å². The number of hydrogen-bond acceptors (Lipinski definition) is 2. The number of carboxylic acid groups (broad SMARTS) is 1. The minimum absolute atomic E-state index is 0.340. The molecule has 0 radical (unpaired) electrons. The van der Waals surface area contributed by atoms with E-state index in [0.717, 1.165) is 38.7 Å². The van der Waals surface area contributed by atoms with Crippen molar-refractivity contribution < 1.29 is 14.6 Å². The van der Waals surface area contributed by atoms with E-state index in [4.69, 9.17) is 9.84 Å². The Morgan fingerprint density at radius 2 is 2.17 bits per heavy atom. The molecule has 1 fully saturated rings. The molecule has 70 valence electrons. The summed E-state index contributed by atoms with van der Waals surface area (Å²) in [6.45, 7) is 0.746. The average molecular weight is 172 g/mol. The molecule has 0 saturated heterocycles. The molecular formula is C9H16O3. The quantitative estimate of drug-likeness (QED) is 0.620. The van der Waals surface area contributed by atoms with E-state index < -0.39 is 5.97 Å². The zero-order valence-electron chi connectivity index (χ0n) is 7.51. The van der Waals surface area contributed by atoms with Crippen LogP contribution in [0.3, 0.4) is 0 Å². The minimum atomic E-state index is -0.611. The highest BCUT2D eigenvalue weighted by Gasteiger charge is 2.49. The fourth-order valence-electron chi connectivity index (χ4n) is 1.43. The van der Waals surface area contributed by atoms with Gasteiger partial charge in [-0.3, -0.25) is 4.79 Å². The normalized spacial score (nSPS) is 19.1. The van der Waals surface area contributed by atoms with Crippen LogP contribution in [0.15, 0.2) is 0 Å². The van der Waals surface area contributed by atoms with Gasteiger partial charge in [-0.15, -0.1) is 0 Å². The molecule has 3 heteroatoms. The molecule has 0 unspecified atom stereocenters. The van der Waals surface area contributed by atoms with Gasteiger partial charge in [0.15, 0.2) is 0 Å². The zero-order chi connectivity index (χ0) is 9.03. The van der Waals surface area contributed by atoms with Gasteiger partial charge in [0.1, 0.15) is 0 Å². The summed E-state index contributed by atoms with van der Waals surface area (Å²) >= 11 is 0. The predicted octanol–water partition coefficient (Wildman–Crippen LogP) is 1.67. The van der Waals surface area contributed by atoms with Crippen LogP contribution in [0.4, 0.5) is 0 Å². The summed E-state index contributed by atoms with van der Waals surface area (Å²) in [5.41, 5.74) is -0.340. The highest BCUT2D eigenvalue weighted by molar-refractivity contribution is 5.77. The van der Waals surface area contributed by atoms with E-state index in [-0.39, 0.29) is 5.41 Å². The largest absolute Gasteiger partial charge is 0.481 e. The topological polar surface area (TPSA) is 46.5 Å². The molecule has 0 aliphatic heterocycles. The lowest BCUT2D eigenvalue weighted by Crippen LogP contribution is -2.14. The number of hydrogen-bond donors (Lipinski definition) is 1. The molecule has 1 aliphatic rings. The molecule has 0 aromatic carbocycles. The third-order valence-electron chi connectivity index (χ3n) is 2.56. The Kier molecular flexibility index (Phi) is 3.09. The maximum atomic E-state index is 10.7. The fourth-order valence-corrected chi connectivity index (χ4v) is 1.43. The summed E-state index contributed by atoms with van der Waals surface area (Å²) in [7, 11) is 1.67. The molecule has 3 nitrogen and oxygen atoms in total. The van der Waals surface area contributed by atoms with Crippen molar-refractivity contribution in [2.45, 2.75) is 32.1 Å². The zero-order valence-corrected chi connectivity index (χ0v) is 7.51. The standard InChI is InChI=1S/C9H16O3/c1-12-7-3-2-4-9(5-6-9)8(10)11/h2-7H2,1H3,(H,10,11). The van der Waals surface area contributed by atoms with Crippen LogP contribution >= 0.6 is 0 Å². The van der Waals surface area contributed by atoms with Gasteiger partial charge in [0.05, 0.1) is 5.41 Å². The Balaban J connectivity index is 2.10. The van der Waals surface area contributed by atoms with Crippen LogP contribution in [-0.2, 0) is 9.53 Å². The molecule has 1 rings (SSSR count). The first-order valence-electron chi connectivity index (χ1n) is 4.44. The number of rotatable bonds is 6. The van der Waals surface area contributed by atoms with E-state index in [0.29, 0.717) is 0 Å². The van der Waals surface area contributed by atoms with Crippen LogP contribution in [0.25, 0.3) is 0 Å². The number of ether oxygens (including phenoxy) is 1. The summed E-state index contributed by atoms with van der Waals surface area (Å²) < 4.78 is 4.89. The summed E-state index contributed by atoms with van der Waals surface area (Å²) in [6, 6.07) is 0. The van der Waals surface area contributed by atoms with Crippen molar-refractivity contribution in [1.82, 2.24) is 0 Å². The van der Waals surface area contributed by atoms with Gasteiger partial charge in [0.25, 0.3) is 0 Å². The molecule has 1 aliphatic carbocycles. The number of carboxylic acids is 1. The molecule has 0 spiro atoms. The highest BCUT2D eigenvalue weighted by atomic mass is 16.5. The van der Waals surface area contributed by atoms with Gasteiger partial charge in [-0.1, -0.05) is 6.42 Å². The van der Waals surface area contributed by atoms with Gasteiger partial charge in [-0.2, -0.15) is 0 Å². The number of aliphatic carboxylic acids is 1. The van der Waals surface area contributed by atoms with Crippen LogP contribution in [0.5, 0.6) is 0 Å². The third kappa shape index (κ3) is 2.21. The van der Waals surface area contributed by atoms with Crippen LogP contribution in [0.2, 0.25) is 0 Å². The second-order valence-electron chi connectivity index (χ2n) is 3.54. The van der Waals surface area contributed by atoms with Crippen molar-refractivity contribution in [2.75, 3.05) is 13.7 Å². The van der Waals surface area contributed by atoms with Gasteiger partial charge in [0, 0.05) is 13.7 Å². The highest BCUT2D eigenvalue weighted by Crippen LogP contribution is 2.49. The molecule has 1 saturated carbocycles. The van der Waals surface area contributed by atoms with E-state index >= 15 is 0 Å². The lowest BCUT2D eigenvalue weighted by Gasteiger charge is -2.07. The first-order chi connectivity index (χ1) is 5.71. The van der Waals surface area contributed by atoms with Crippen LogP contribution in [0, 0.1) is 5.41 Å². The van der Waals surface area contributed by atoms with Gasteiger partial charge in [-0.05, 0) is 25.7 Å². The number of carbonyl (C=O) groups is 1. The molecule has 0 amide bonds. The van der Waals surface area contributed by atoms with Gasteiger partial charge in [0.2, 0.25) is 0 Å². The molecule has 1 N–H and O–H groups in total. The van der Waals surface area contributed by atoms with Crippen molar-refractivity contribution in [3.63, 3.8) is 0 Å². The molecule has 0 bridgehead atoms. The van der Waals surface area contributed by atoms with Crippen LogP contribution in [0.1, 0.15) is 32.1 Å². The monoisotopic (exact) mass is 172 g/mol. The fraction of sp³-hybridized carbons (Fsp3) is 0.889. The SMILES string of the molecule is COCCCCC1(C(=O)O)CC1. The summed E-state index contributed by atoms with van der Waals surface area (Å²) in [4.78, 5) is 10.7. The van der Waals surface area contributed by atoms with Gasteiger partial charge in [-0.25, -0.2) is 0 Å². The van der Waals surface area contributed by atoms with Crippen molar-refractivity contribution in [1.29, 1.82) is 0 Å². The van der Waals surface area contributed by atoms with E-state index in [2.05, 4.69) is 0 Å². The third-order valence-corrected chi connectivity index (χ3v) is 2.56. The smallest absolute Gasteiger partial charge is 0.309 e. The lowest BCUT2D eigenvalue weighted by atomic mass is 10.00. The first-order valence-corrected chi connectivity index (χ1v) is 4.44. The van der Waals surface area contributed by atoms with Crippen molar-refractivity contribution in [3.8, 4) is 0 Å². The van der Waals surface area contributed by atoms with Crippen molar-refractivity contribution in [2.24, 2.45) is 5.41 Å². The second kappa shape index (κ2) is 3.90. The Hall–Kier alpha value is -0.570. The summed E-state index contributed by atoms with van der Waals surface area (Å²) in [6.07, 6.45) is 4.52. The molecule has 0 atom stereocenters. The molecule has 0 aromatic rings. The Bertz CT molecular complexity index is 161. The van der Waals surface area contributed by atoms with E-state index in [9.17, 15) is 4.79 Å².